The van der Waals surface area contributed by atoms with Gasteiger partial charge in [-0.15, -0.1) is 11.3 Å². The Balaban J connectivity index is 1.37. The molecular formula is C19H25N5O2S. The lowest BCUT2D eigenvalue weighted by molar-refractivity contribution is -0.132. The van der Waals surface area contributed by atoms with Crippen LogP contribution < -0.4 is 5.32 Å². The van der Waals surface area contributed by atoms with Crippen LogP contribution in [-0.4, -0.2) is 44.5 Å². The van der Waals surface area contributed by atoms with Crippen molar-refractivity contribution >= 4 is 23.2 Å². The first-order valence-electron chi connectivity index (χ1n) is 9.68. The summed E-state index contributed by atoms with van der Waals surface area (Å²) in [6, 6.07) is 4.33. The summed E-state index contributed by atoms with van der Waals surface area (Å²) < 4.78 is 0. The first-order valence-corrected chi connectivity index (χ1v) is 10.5. The predicted molar refractivity (Wildman–Crippen MR) is 103 cm³/mol. The summed E-state index contributed by atoms with van der Waals surface area (Å²) in [7, 11) is 0. The van der Waals surface area contributed by atoms with Crippen LogP contribution in [0.25, 0.3) is 0 Å². The van der Waals surface area contributed by atoms with Crippen LogP contribution in [0.15, 0.2) is 12.1 Å². The maximum Gasteiger partial charge on any atom is 0.261 e. The van der Waals surface area contributed by atoms with Gasteiger partial charge in [0, 0.05) is 30.3 Å². The van der Waals surface area contributed by atoms with E-state index in [2.05, 4.69) is 20.5 Å². The Hall–Kier alpha value is -2.22. The molecule has 144 valence electrons. The smallest absolute Gasteiger partial charge is 0.261 e. The third-order valence-electron chi connectivity index (χ3n) is 5.40. The third kappa shape index (κ3) is 4.05. The SMILES string of the molecule is Cc1nc(CCC(=O)N2CCC[C@@H]2c2ccc(C(=O)NC3CCC3)s2)n[nH]1. The first kappa shape index (κ1) is 18.2. The monoisotopic (exact) mass is 387 g/mol. The van der Waals surface area contributed by atoms with Crippen LogP contribution in [0.4, 0.5) is 0 Å². The van der Waals surface area contributed by atoms with Crippen molar-refractivity contribution in [2.75, 3.05) is 6.54 Å². The van der Waals surface area contributed by atoms with Gasteiger partial charge in [-0.1, -0.05) is 0 Å². The summed E-state index contributed by atoms with van der Waals surface area (Å²) in [4.78, 5) is 33.2. The van der Waals surface area contributed by atoms with Gasteiger partial charge in [0.2, 0.25) is 5.91 Å². The molecule has 7 nitrogen and oxygen atoms in total. The molecular weight excluding hydrogens is 362 g/mol. The fraction of sp³-hybridized carbons (Fsp3) is 0.579. The van der Waals surface area contributed by atoms with Crippen molar-refractivity contribution in [1.29, 1.82) is 0 Å². The topological polar surface area (TPSA) is 91.0 Å². The fourth-order valence-corrected chi connectivity index (χ4v) is 4.75. The van der Waals surface area contributed by atoms with Crippen molar-refractivity contribution in [1.82, 2.24) is 25.4 Å². The summed E-state index contributed by atoms with van der Waals surface area (Å²) in [6.07, 6.45) is 6.28. The second kappa shape index (κ2) is 7.80. The average Bonchev–Trinajstić information content (AvgIpc) is 3.35. The molecule has 1 atom stereocenters. The van der Waals surface area contributed by atoms with E-state index in [1.165, 1.54) is 17.8 Å². The van der Waals surface area contributed by atoms with Crippen LogP contribution in [0.1, 0.15) is 70.8 Å². The number of aromatic nitrogens is 3. The van der Waals surface area contributed by atoms with Crippen molar-refractivity contribution in [3.8, 4) is 0 Å². The first-order chi connectivity index (χ1) is 13.1. The molecule has 3 heterocycles. The quantitative estimate of drug-likeness (QED) is 0.797. The number of H-pyrrole nitrogens is 1. The van der Waals surface area contributed by atoms with Gasteiger partial charge in [0.15, 0.2) is 5.82 Å². The molecule has 2 fully saturated rings. The zero-order chi connectivity index (χ0) is 18.8. The van der Waals surface area contributed by atoms with E-state index >= 15 is 0 Å². The standard InChI is InChI=1S/C19H25N5O2S/c1-12-20-17(23-22-12)9-10-18(25)24-11-3-6-14(24)15-7-8-16(27-15)19(26)21-13-4-2-5-13/h7-8,13-14H,2-6,9-11H2,1H3,(H,21,26)(H,20,22,23)/t14-/m1/s1. The van der Waals surface area contributed by atoms with Gasteiger partial charge in [-0.05, 0) is 51.2 Å². The second-order valence-corrected chi connectivity index (χ2v) is 8.50. The highest BCUT2D eigenvalue weighted by molar-refractivity contribution is 7.14. The highest BCUT2D eigenvalue weighted by atomic mass is 32.1. The van der Waals surface area contributed by atoms with Crippen molar-refractivity contribution in [3.05, 3.63) is 33.5 Å². The summed E-state index contributed by atoms with van der Waals surface area (Å²) in [5.41, 5.74) is 0. The molecule has 0 unspecified atom stereocenters. The third-order valence-corrected chi connectivity index (χ3v) is 6.58. The molecule has 8 heteroatoms. The summed E-state index contributed by atoms with van der Waals surface area (Å²) >= 11 is 1.52. The summed E-state index contributed by atoms with van der Waals surface area (Å²) in [5.74, 6) is 1.60. The number of aromatic amines is 1. The van der Waals surface area contributed by atoms with Crippen LogP contribution >= 0.6 is 11.3 Å². The lowest BCUT2D eigenvalue weighted by atomic mass is 9.93. The zero-order valence-electron chi connectivity index (χ0n) is 15.5. The maximum absolute atomic E-state index is 12.7. The Bertz CT molecular complexity index is 826. The number of thiophene rings is 1. The van der Waals surface area contributed by atoms with E-state index in [4.69, 9.17) is 0 Å². The van der Waals surface area contributed by atoms with Crippen LogP contribution in [0.2, 0.25) is 0 Å². The van der Waals surface area contributed by atoms with E-state index in [0.717, 1.165) is 47.8 Å². The van der Waals surface area contributed by atoms with Gasteiger partial charge >= 0.3 is 0 Å². The van der Waals surface area contributed by atoms with Gasteiger partial charge in [0.25, 0.3) is 5.91 Å². The van der Waals surface area contributed by atoms with E-state index in [1.54, 1.807) is 0 Å². The molecule has 2 aromatic heterocycles. The van der Waals surface area contributed by atoms with Crippen molar-refractivity contribution in [2.45, 2.75) is 64.0 Å². The van der Waals surface area contributed by atoms with Gasteiger partial charge in [-0.25, -0.2) is 4.98 Å². The normalized spacial score (nSPS) is 19.9. The zero-order valence-corrected chi connectivity index (χ0v) is 16.3. The van der Waals surface area contributed by atoms with Gasteiger partial charge in [-0.2, -0.15) is 5.10 Å². The van der Waals surface area contributed by atoms with Gasteiger partial charge in [0.1, 0.15) is 5.82 Å². The number of carbonyl (C=O) groups is 2. The van der Waals surface area contributed by atoms with Crippen LogP contribution in [0.3, 0.4) is 0 Å². The lowest BCUT2D eigenvalue weighted by Gasteiger charge is -2.26. The Labute approximate surface area is 162 Å². The maximum atomic E-state index is 12.7. The number of nitrogens with one attached hydrogen (secondary N) is 2. The highest BCUT2D eigenvalue weighted by Crippen LogP contribution is 2.36. The molecule has 0 bridgehead atoms. The molecule has 4 rings (SSSR count). The molecule has 1 saturated heterocycles. The Morgan fingerprint density at radius 1 is 1.30 bits per heavy atom. The van der Waals surface area contributed by atoms with E-state index in [0.29, 0.717) is 24.7 Å². The molecule has 0 aromatic carbocycles. The number of likely N-dealkylation sites (tertiary alicyclic amines) is 1. The molecule has 1 aliphatic heterocycles. The van der Waals surface area contributed by atoms with Crippen molar-refractivity contribution < 1.29 is 9.59 Å². The van der Waals surface area contributed by atoms with Crippen LogP contribution in [0, 0.1) is 6.92 Å². The second-order valence-electron chi connectivity index (χ2n) is 7.39. The summed E-state index contributed by atoms with van der Waals surface area (Å²) in [5, 5.41) is 9.99. The van der Waals surface area contributed by atoms with Gasteiger partial charge < -0.3 is 10.2 Å². The molecule has 2 aliphatic rings. The minimum atomic E-state index is 0.0202. The Morgan fingerprint density at radius 3 is 2.85 bits per heavy atom. The minimum Gasteiger partial charge on any atom is -0.349 e. The average molecular weight is 388 g/mol. The highest BCUT2D eigenvalue weighted by Gasteiger charge is 2.31. The largest absolute Gasteiger partial charge is 0.349 e. The molecule has 2 N–H and O–H groups in total. The Kier molecular flexibility index (Phi) is 5.24. The van der Waals surface area contributed by atoms with Crippen LogP contribution in [0.5, 0.6) is 0 Å². The number of amides is 2. The molecule has 27 heavy (non-hydrogen) atoms. The predicted octanol–water partition coefficient (Wildman–Crippen LogP) is 2.75. The van der Waals surface area contributed by atoms with E-state index in [1.807, 2.05) is 24.0 Å². The van der Waals surface area contributed by atoms with Gasteiger partial charge in [-0.3, -0.25) is 14.7 Å². The molecule has 1 aliphatic carbocycles. The van der Waals surface area contributed by atoms with E-state index in [-0.39, 0.29) is 17.9 Å². The number of hydrogen-bond donors (Lipinski definition) is 2. The van der Waals surface area contributed by atoms with Crippen LogP contribution in [-0.2, 0) is 11.2 Å². The summed E-state index contributed by atoms with van der Waals surface area (Å²) in [6.45, 7) is 2.63. The fourth-order valence-electron chi connectivity index (χ4n) is 3.69. The van der Waals surface area contributed by atoms with E-state index in [9.17, 15) is 9.59 Å². The number of carbonyl (C=O) groups excluding carboxylic acids is 2. The molecule has 2 amide bonds. The van der Waals surface area contributed by atoms with Crippen molar-refractivity contribution in [2.24, 2.45) is 0 Å². The molecule has 2 aromatic rings. The molecule has 0 radical (unpaired) electrons. The molecule has 0 spiro atoms. The number of rotatable bonds is 6. The minimum absolute atomic E-state index is 0.0202. The Morgan fingerprint density at radius 2 is 2.15 bits per heavy atom. The van der Waals surface area contributed by atoms with Gasteiger partial charge in [0.05, 0.1) is 10.9 Å². The molecule has 1 saturated carbocycles. The number of aryl methyl sites for hydroxylation is 2. The van der Waals surface area contributed by atoms with E-state index < -0.39 is 0 Å². The van der Waals surface area contributed by atoms with Crippen molar-refractivity contribution in [3.63, 3.8) is 0 Å². The lowest BCUT2D eigenvalue weighted by Crippen LogP contribution is -2.39. The number of hydrogen-bond acceptors (Lipinski definition) is 5. The number of nitrogens with zero attached hydrogens (tertiary/aromatic N) is 3.